The van der Waals surface area contributed by atoms with Gasteiger partial charge in [-0.2, -0.15) is 5.10 Å². The number of methoxy groups -OCH3 is 1. The molecule has 1 unspecified atom stereocenters. The summed E-state index contributed by atoms with van der Waals surface area (Å²) >= 11 is 0. The van der Waals surface area contributed by atoms with Crippen molar-refractivity contribution in [3.63, 3.8) is 0 Å². The number of amides is 1. The summed E-state index contributed by atoms with van der Waals surface area (Å²) < 4.78 is 12.5. The number of nitrogens with zero attached hydrogens (tertiary/aromatic N) is 3. The highest BCUT2D eigenvalue weighted by Crippen LogP contribution is 2.36. The number of rotatable bonds is 5. The first-order valence-electron chi connectivity index (χ1n) is 8.46. The number of hydrogen-bond acceptors (Lipinski definition) is 6. The van der Waals surface area contributed by atoms with Crippen LogP contribution in [0.4, 0.5) is 11.4 Å². The molecular formula is C19H16N4O5. The van der Waals surface area contributed by atoms with Crippen LogP contribution < -0.4 is 10.1 Å². The van der Waals surface area contributed by atoms with Gasteiger partial charge in [-0.1, -0.05) is 18.2 Å². The normalized spacial score (nSPS) is 12.2. The number of para-hydroxylation sites is 1. The fourth-order valence-electron chi connectivity index (χ4n) is 3.01. The molecule has 142 valence electrons. The van der Waals surface area contributed by atoms with Crippen molar-refractivity contribution in [2.45, 2.75) is 13.0 Å². The van der Waals surface area contributed by atoms with E-state index in [2.05, 4.69) is 10.4 Å². The molecule has 28 heavy (non-hydrogen) atoms. The van der Waals surface area contributed by atoms with Crippen LogP contribution in [0.5, 0.6) is 5.75 Å². The van der Waals surface area contributed by atoms with Gasteiger partial charge in [0.1, 0.15) is 35.4 Å². The zero-order chi connectivity index (χ0) is 19.8. The first kappa shape index (κ1) is 17.5. The van der Waals surface area contributed by atoms with E-state index < -0.39 is 16.9 Å². The Morgan fingerprint density at radius 1 is 1.29 bits per heavy atom. The molecule has 2 aromatic heterocycles. The van der Waals surface area contributed by atoms with E-state index in [1.807, 2.05) is 24.3 Å². The Bertz CT molecular complexity index is 1210. The second-order valence-corrected chi connectivity index (χ2v) is 6.25. The van der Waals surface area contributed by atoms with Crippen LogP contribution in [0.2, 0.25) is 0 Å². The number of benzene rings is 2. The third kappa shape index (κ3) is 2.92. The van der Waals surface area contributed by atoms with Crippen molar-refractivity contribution < 1.29 is 18.9 Å². The van der Waals surface area contributed by atoms with Gasteiger partial charge in [-0.05, 0) is 19.1 Å². The first-order chi connectivity index (χ1) is 13.5. The Kier molecular flexibility index (Phi) is 4.19. The fourth-order valence-corrected chi connectivity index (χ4v) is 3.01. The highest BCUT2D eigenvalue weighted by Gasteiger charge is 2.21. The molecule has 2 aromatic carbocycles. The van der Waals surface area contributed by atoms with Crippen molar-refractivity contribution in [1.29, 1.82) is 0 Å². The molecule has 9 nitrogen and oxygen atoms in total. The second kappa shape index (κ2) is 6.69. The van der Waals surface area contributed by atoms with Crippen LogP contribution in [0.15, 0.2) is 53.2 Å². The van der Waals surface area contributed by atoms with Gasteiger partial charge >= 0.3 is 5.69 Å². The van der Waals surface area contributed by atoms with E-state index in [0.717, 1.165) is 22.6 Å². The van der Waals surface area contributed by atoms with Gasteiger partial charge < -0.3 is 14.5 Å². The van der Waals surface area contributed by atoms with Gasteiger partial charge in [0.05, 0.1) is 17.7 Å². The summed E-state index contributed by atoms with van der Waals surface area (Å²) in [6.45, 7) is 1.60. The molecule has 4 rings (SSSR count). The summed E-state index contributed by atoms with van der Waals surface area (Å²) in [7, 11) is 1.51. The lowest BCUT2D eigenvalue weighted by Crippen LogP contribution is -2.24. The average Bonchev–Trinajstić information content (AvgIpc) is 3.31. The smallest absolute Gasteiger partial charge is 0.307 e. The van der Waals surface area contributed by atoms with Gasteiger partial charge in [0.15, 0.2) is 0 Å². The third-order valence-corrected chi connectivity index (χ3v) is 4.53. The standard InChI is InChI=1S/C19H16N4O5/c1-11(22-10-12(9-20-22)23(25)26)19(24)21-15-8-17-14(7-18(15)27-2)13-5-3-4-6-16(13)28-17/h3-11H,1-2H3,(H,21,24). The number of aromatic nitrogens is 2. The summed E-state index contributed by atoms with van der Waals surface area (Å²) in [4.78, 5) is 22.9. The number of anilines is 1. The lowest BCUT2D eigenvalue weighted by Gasteiger charge is -2.14. The molecule has 0 bridgehead atoms. The summed E-state index contributed by atoms with van der Waals surface area (Å²) in [6, 6.07) is 10.4. The van der Waals surface area contributed by atoms with Crippen molar-refractivity contribution in [1.82, 2.24) is 9.78 Å². The van der Waals surface area contributed by atoms with Crippen LogP contribution in [-0.2, 0) is 4.79 Å². The Morgan fingerprint density at radius 3 is 2.79 bits per heavy atom. The molecular weight excluding hydrogens is 364 g/mol. The van der Waals surface area contributed by atoms with Crippen molar-refractivity contribution >= 4 is 39.2 Å². The number of fused-ring (bicyclic) bond motifs is 3. The number of carbonyl (C=O) groups is 1. The largest absolute Gasteiger partial charge is 0.495 e. The van der Waals surface area contributed by atoms with E-state index in [4.69, 9.17) is 9.15 Å². The predicted octanol–water partition coefficient (Wildman–Crippen LogP) is 3.90. The second-order valence-electron chi connectivity index (χ2n) is 6.25. The number of carbonyl (C=O) groups excluding carboxylic acids is 1. The SMILES string of the molecule is COc1cc2c(cc1NC(=O)C(C)n1cc([N+](=O)[O-])cn1)oc1ccccc12. The number of hydrogen-bond donors (Lipinski definition) is 1. The number of furan rings is 1. The van der Waals surface area contributed by atoms with E-state index in [1.165, 1.54) is 18.0 Å². The lowest BCUT2D eigenvalue weighted by molar-refractivity contribution is -0.385. The molecule has 1 atom stereocenters. The maximum Gasteiger partial charge on any atom is 0.307 e. The van der Waals surface area contributed by atoms with Gasteiger partial charge in [0, 0.05) is 16.8 Å². The number of ether oxygens (including phenoxy) is 1. The van der Waals surface area contributed by atoms with Gasteiger partial charge in [-0.25, -0.2) is 0 Å². The van der Waals surface area contributed by atoms with E-state index in [-0.39, 0.29) is 5.69 Å². The van der Waals surface area contributed by atoms with Crippen LogP contribution >= 0.6 is 0 Å². The zero-order valence-corrected chi connectivity index (χ0v) is 15.1. The predicted molar refractivity (Wildman–Crippen MR) is 102 cm³/mol. The van der Waals surface area contributed by atoms with E-state index in [1.54, 1.807) is 19.1 Å². The Labute approximate surface area is 158 Å². The van der Waals surface area contributed by atoms with Crippen molar-refractivity contribution in [2.24, 2.45) is 0 Å². The summed E-state index contributed by atoms with van der Waals surface area (Å²) in [5, 5.41) is 19.3. The monoisotopic (exact) mass is 380 g/mol. The molecule has 9 heteroatoms. The molecule has 0 spiro atoms. The van der Waals surface area contributed by atoms with Crippen LogP contribution in [0.3, 0.4) is 0 Å². The minimum absolute atomic E-state index is 0.180. The van der Waals surface area contributed by atoms with Crippen LogP contribution in [0, 0.1) is 10.1 Å². The minimum atomic E-state index is -0.759. The fraction of sp³-hybridized carbons (Fsp3) is 0.158. The van der Waals surface area contributed by atoms with Gasteiger partial charge in [0.25, 0.3) is 0 Å². The van der Waals surface area contributed by atoms with Crippen LogP contribution in [0.1, 0.15) is 13.0 Å². The maximum atomic E-state index is 12.6. The van der Waals surface area contributed by atoms with Gasteiger partial charge in [-0.3, -0.25) is 19.6 Å². The Balaban J connectivity index is 1.66. The van der Waals surface area contributed by atoms with Gasteiger partial charge in [-0.15, -0.1) is 0 Å². The van der Waals surface area contributed by atoms with Crippen molar-refractivity contribution in [3.8, 4) is 5.75 Å². The number of nitro groups is 1. The quantitative estimate of drug-likeness (QED) is 0.415. The molecule has 0 aliphatic carbocycles. The highest BCUT2D eigenvalue weighted by atomic mass is 16.6. The topological polar surface area (TPSA) is 112 Å². The molecule has 4 aromatic rings. The van der Waals surface area contributed by atoms with E-state index >= 15 is 0 Å². The first-order valence-corrected chi connectivity index (χ1v) is 8.46. The Hall–Kier alpha value is -3.88. The third-order valence-electron chi connectivity index (χ3n) is 4.53. The van der Waals surface area contributed by atoms with Crippen LogP contribution in [-0.4, -0.2) is 27.7 Å². The molecule has 0 radical (unpaired) electrons. The van der Waals surface area contributed by atoms with Gasteiger partial charge in [0.2, 0.25) is 5.91 Å². The molecule has 0 saturated carbocycles. The zero-order valence-electron chi connectivity index (χ0n) is 15.1. The van der Waals surface area contributed by atoms with Crippen LogP contribution in [0.25, 0.3) is 21.9 Å². The molecule has 1 N–H and O–H groups in total. The molecule has 0 saturated heterocycles. The lowest BCUT2D eigenvalue weighted by atomic mass is 10.1. The molecule has 0 aliphatic heterocycles. The summed E-state index contributed by atoms with van der Waals surface area (Å²) in [5.41, 5.74) is 1.61. The highest BCUT2D eigenvalue weighted by molar-refractivity contribution is 6.08. The summed E-state index contributed by atoms with van der Waals surface area (Å²) in [5.74, 6) is 0.0813. The van der Waals surface area contributed by atoms with E-state index in [9.17, 15) is 14.9 Å². The average molecular weight is 380 g/mol. The molecule has 0 aliphatic rings. The van der Waals surface area contributed by atoms with E-state index in [0.29, 0.717) is 17.0 Å². The Morgan fingerprint density at radius 2 is 2.07 bits per heavy atom. The molecule has 0 fully saturated rings. The molecule has 1 amide bonds. The number of nitrogens with one attached hydrogen (secondary N) is 1. The minimum Gasteiger partial charge on any atom is -0.495 e. The summed E-state index contributed by atoms with van der Waals surface area (Å²) in [6.07, 6.45) is 2.31. The van der Waals surface area contributed by atoms with Crippen molar-refractivity contribution in [3.05, 3.63) is 58.9 Å². The maximum absolute atomic E-state index is 12.6. The molecule has 2 heterocycles. The van der Waals surface area contributed by atoms with Crippen molar-refractivity contribution in [2.75, 3.05) is 12.4 Å².